The highest BCUT2D eigenvalue weighted by Crippen LogP contribution is 2.22. The molecular weight excluding hydrogens is 396 g/mol. The van der Waals surface area contributed by atoms with Crippen LogP contribution in [-0.4, -0.2) is 41.5 Å². The van der Waals surface area contributed by atoms with Crippen LogP contribution in [0.1, 0.15) is 54.6 Å². The third-order valence-electron chi connectivity index (χ3n) is 4.90. The Morgan fingerprint density at radius 3 is 2.55 bits per heavy atom. The zero-order valence-electron chi connectivity index (χ0n) is 17.8. The molecule has 3 rings (SSSR count). The van der Waals surface area contributed by atoms with Gasteiger partial charge in [-0.25, -0.2) is 5.01 Å². The summed E-state index contributed by atoms with van der Waals surface area (Å²) in [4.78, 5) is 36.2. The normalized spacial score (nSPS) is 13.0. The summed E-state index contributed by atoms with van der Waals surface area (Å²) in [6.45, 7) is 4.26. The lowest BCUT2D eigenvalue weighted by Crippen LogP contribution is -2.24. The van der Waals surface area contributed by atoms with Crippen molar-refractivity contribution in [2.24, 2.45) is 5.10 Å². The third-order valence-corrected chi connectivity index (χ3v) is 4.90. The molecule has 1 heterocycles. The number of hydrazone groups is 1. The fraction of sp³-hybridized carbons (Fsp3) is 0.333. The number of benzene rings is 2. The SMILES string of the molecule is CCOc1ccc(C(C)=O)cc1COC(=O)CCC(=O)N1CCC(c2ccccc2)=N1. The van der Waals surface area contributed by atoms with Gasteiger partial charge in [0.25, 0.3) is 0 Å². The summed E-state index contributed by atoms with van der Waals surface area (Å²) in [5, 5.41) is 5.80. The van der Waals surface area contributed by atoms with E-state index in [0.717, 1.165) is 11.3 Å². The first-order valence-electron chi connectivity index (χ1n) is 10.3. The summed E-state index contributed by atoms with van der Waals surface area (Å²) in [6, 6.07) is 14.8. The number of hydrogen-bond acceptors (Lipinski definition) is 6. The molecular formula is C24H26N2O5. The van der Waals surface area contributed by atoms with Crippen LogP contribution in [0, 0.1) is 0 Å². The predicted octanol–water partition coefficient (Wildman–Crippen LogP) is 3.75. The zero-order valence-corrected chi connectivity index (χ0v) is 17.8. The summed E-state index contributed by atoms with van der Waals surface area (Å²) in [5.41, 5.74) is 3.00. The summed E-state index contributed by atoms with van der Waals surface area (Å²) in [6.07, 6.45) is 0.672. The Hall–Kier alpha value is -3.48. The number of Topliss-reactive ketones (excluding diaryl/α,β-unsaturated/α-hetero) is 1. The van der Waals surface area contributed by atoms with E-state index in [1.807, 2.05) is 37.3 Å². The van der Waals surface area contributed by atoms with Crippen LogP contribution in [0.3, 0.4) is 0 Å². The summed E-state index contributed by atoms with van der Waals surface area (Å²) >= 11 is 0. The van der Waals surface area contributed by atoms with Gasteiger partial charge in [-0.15, -0.1) is 0 Å². The van der Waals surface area contributed by atoms with Crippen molar-refractivity contribution >= 4 is 23.4 Å². The van der Waals surface area contributed by atoms with Gasteiger partial charge in [-0.3, -0.25) is 14.4 Å². The van der Waals surface area contributed by atoms with Crippen molar-refractivity contribution in [3.8, 4) is 5.75 Å². The largest absolute Gasteiger partial charge is 0.493 e. The maximum atomic E-state index is 12.4. The predicted molar refractivity (Wildman–Crippen MR) is 116 cm³/mol. The summed E-state index contributed by atoms with van der Waals surface area (Å²) < 4.78 is 10.9. The van der Waals surface area contributed by atoms with Crippen molar-refractivity contribution in [3.05, 3.63) is 65.2 Å². The van der Waals surface area contributed by atoms with E-state index in [4.69, 9.17) is 9.47 Å². The number of hydrogen-bond donors (Lipinski definition) is 0. The van der Waals surface area contributed by atoms with E-state index in [1.54, 1.807) is 18.2 Å². The molecule has 0 atom stereocenters. The topological polar surface area (TPSA) is 85.3 Å². The minimum absolute atomic E-state index is 0.0240. The van der Waals surface area contributed by atoms with Crippen LogP contribution in [-0.2, 0) is 20.9 Å². The molecule has 0 fully saturated rings. The average Bonchev–Trinajstić information content (AvgIpc) is 3.28. The third kappa shape index (κ3) is 6.01. The Kier molecular flexibility index (Phi) is 7.54. The molecule has 2 aromatic rings. The smallest absolute Gasteiger partial charge is 0.306 e. The number of amides is 1. The van der Waals surface area contributed by atoms with Crippen LogP contribution in [0.5, 0.6) is 5.75 Å². The number of rotatable bonds is 9. The lowest BCUT2D eigenvalue weighted by Gasteiger charge is -2.13. The van der Waals surface area contributed by atoms with Crippen LogP contribution < -0.4 is 4.74 Å². The minimum atomic E-state index is -0.490. The maximum Gasteiger partial charge on any atom is 0.306 e. The average molecular weight is 422 g/mol. The second-order valence-electron chi connectivity index (χ2n) is 7.15. The van der Waals surface area contributed by atoms with E-state index in [0.29, 0.717) is 36.4 Å². The Morgan fingerprint density at radius 1 is 1.06 bits per heavy atom. The van der Waals surface area contributed by atoms with Crippen LogP contribution in [0.25, 0.3) is 0 Å². The monoisotopic (exact) mass is 422 g/mol. The second-order valence-corrected chi connectivity index (χ2v) is 7.15. The highest BCUT2D eigenvalue weighted by Gasteiger charge is 2.22. The van der Waals surface area contributed by atoms with Crippen molar-refractivity contribution in [2.45, 2.75) is 39.7 Å². The van der Waals surface area contributed by atoms with Crippen LogP contribution >= 0.6 is 0 Å². The highest BCUT2D eigenvalue weighted by atomic mass is 16.5. The van der Waals surface area contributed by atoms with Crippen molar-refractivity contribution in [1.82, 2.24) is 5.01 Å². The second kappa shape index (κ2) is 10.5. The van der Waals surface area contributed by atoms with Gasteiger partial charge in [0.05, 0.1) is 25.3 Å². The molecule has 7 heteroatoms. The van der Waals surface area contributed by atoms with Crippen molar-refractivity contribution in [2.75, 3.05) is 13.2 Å². The van der Waals surface area contributed by atoms with Crippen LogP contribution in [0.15, 0.2) is 53.6 Å². The molecule has 0 N–H and O–H groups in total. The van der Waals surface area contributed by atoms with Gasteiger partial charge in [-0.2, -0.15) is 5.10 Å². The molecule has 162 valence electrons. The number of nitrogens with zero attached hydrogens (tertiary/aromatic N) is 2. The number of esters is 1. The number of carbonyl (C=O) groups is 3. The molecule has 0 saturated heterocycles. The molecule has 7 nitrogen and oxygen atoms in total. The van der Waals surface area contributed by atoms with Crippen LogP contribution in [0.4, 0.5) is 0 Å². The van der Waals surface area contributed by atoms with Gasteiger partial charge in [0.15, 0.2) is 5.78 Å². The molecule has 0 aromatic heterocycles. The quantitative estimate of drug-likeness (QED) is 0.454. The zero-order chi connectivity index (χ0) is 22.2. The molecule has 0 bridgehead atoms. The van der Waals surface area contributed by atoms with Crippen molar-refractivity contribution < 1.29 is 23.9 Å². The summed E-state index contributed by atoms with van der Waals surface area (Å²) in [5.74, 6) is -0.217. The Balaban J connectivity index is 1.52. The minimum Gasteiger partial charge on any atom is -0.493 e. The number of carbonyl (C=O) groups excluding carboxylic acids is 3. The van der Waals surface area contributed by atoms with Gasteiger partial charge >= 0.3 is 5.97 Å². The van der Waals surface area contributed by atoms with Gasteiger partial charge in [0.2, 0.25) is 5.91 Å². The fourth-order valence-corrected chi connectivity index (χ4v) is 3.25. The molecule has 0 aliphatic carbocycles. The fourth-order valence-electron chi connectivity index (χ4n) is 3.25. The Morgan fingerprint density at radius 2 is 1.84 bits per heavy atom. The molecule has 1 aliphatic heterocycles. The van der Waals surface area contributed by atoms with Gasteiger partial charge in [-0.05, 0) is 37.6 Å². The molecule has 1 amide bonds. The summed E-state index contributed by atoms with van der Waals surface area (Å²) in [7, 11) is 0. The van der Waals surface area contributed by atoms with Gasteiger partial charge in [0.1, 0.15) is 12.4 Å². The van der Waals surface area contributed by atoms with E-state index >= 15 is 0 Å². The molecule has 0 radical (unpaired) electrons. The molecule has 31 heavy (non-hydrogen) atoms. The molecule has 2 aromatic carbocycles. The lowest BCUT2D eigenvalue weighted by molar-refractivity contribution is -0.147. The van der Waals surface area contributed by atoms with Crippen molar-refractivity contribution in [3.63, 3.8) is 0 Å². The first-order chi connectivity index (χ1) is 15.0. The lowest BCUT2D eigenvalue weighted by atomic mass is 10.1. The van der Waals surface area contributed by atoms with E-state index in [1.165, 1.54) is 11.9 Å². The maximum absolute atomic E-state index is 12.4. The first-order valence-corrected chi connectivity index (χ1v) is 10.3. The van der Waals surface area contributed by atoms with E-state index < -0.39 is 5.97 Å². The highest BCUT2D eigenvalue weighted by molar-refractivity contribution is 6.02. The van der Waals surface area contributed by atoms with Gasteiger partial charge < -0.3 is 9.47 Å². The standard InChI is InChI=1S/C24H26N2O5/c1-3-30-22-10-9-19(17(2)27)15-20(22)16-31-24(29)12-11-23(28)26-14-13-21(25-26)18-7-5-4-6-8-18/h4-10,15H,3,11-14,16H2,1-2H3. The molecule has 0 saturated carbocycles. The molecule has 0 unspecified atom stereocenters. The number of ketones is 1. The van der Waals surface area contributed by atoms with E-state index in [-0.39, 0.29) is 31.1 Å². The van der Waals surface area contributed by atoms with Crippen molar-refractivity contribution in [1.29, 1.82) is 0 Å². The molecule has 0 spiro atoms. The first kappa shape index (κ1) is 22.2. The Labute approximate surface area is 181 Å². The number of ether oxygens (including phenoxy) is 2. The van der Waals surface area contributed by atoms with Crippen LogP contribution in [0.2, 0.25) is 0 Å². The van der Waals surface area contributed by atoms with E-state index in [2.05, 4.69) is 5.10 Å². The van der Waals surface area contributed by atoms with E-state index in [9.17, 15) is 14.4 Å². The Bertz CT molecular complexity index is 985. The van der Waals surface area contributed by atoms with Gasteiger partial charge in [-0.1, -0.05) is 30.3 Å². The van der Waals surface area contributed by atoms with Gasteiger partial charge in [0, 0.05) is 24.0 Å². The molecule has 1 aliphatic rings.